The fraction of sp³-hybridized carbons (Fsp3) is 0.333. The van der Waals surface area contributed by atoms with Crippen LogP contribution in [0.2, 0.25) is 0 Å². The molecule has 0 bridgehead atoms. The number of hydrogen-bond acceptors (Lipinski definition) is 7. The SMILES string of the molecule is Cc1nc(CCNS(=O)(=O)c2cc(N)cs2)no1. The Kier molecular flexibility index (Phi) is 3.64. The summed E-state index contributed by atoms with van der Waals surface area (Å²) in [6.07, 6.45) is 0.372. The molecule has 0 saturated heterocycles. The minimum absolute atomic E-state index is 0.198. The molecule has 3 N–H and O–H groups in total. The van der Waals surface area contributed by atoms with Crippen LogP contribution in [-0.2, 0) is 16.4 Å². The fourth-order valence-electron chi connectivity index (χ4n) is 1.28. The summed E-state index contributed by atoms with van der Waals surface area (Å²) in [7, 11) is -3.50. The van der Waals surface area contributed by atoms with Crippen molar-refractivity contribution in [2.24, 2.45) is 0 Å². The van der Waals surface area contributed by atoms with E-state index in [1.165, 1.54) is 6.07 Å². The molecule has 0 unspecified atom stereocenters. The number of nitrogens with two attached hydrogens (primary N) is 1. The molecular formula is C9H12N4O3S2. The van der Waals surface area contributed by atoms with E-state index in [-0.39, 0.29) is 10.8 Å². The lowest BCUT2D eigenvalue weighted by Crippen LogP contribution is -2.25. The molecule has 0 aliphatic carbocycles. The number of nitrogen functional groups attached to an aromatic ring is 1. The first-order valence-electron chi connectivity index (χ1n) is 5.10. The van der Waals surface area contributed by atoms with Crippen molar-refractivity contribution in [3.8, 4) is 0 Å². The molecule has 0 aromatic carbocycles. The summed E-state index contributed by atoms with van der Waals surface area (Å²) in [5.74, 6) is 0.930. The molecule has 9 heteroatoms. The standard InChI is InChI=1S/C9H12N4O3S2/c1-6-12-8(13-16-6)2-3-11-18(14,15)9-4-7(10)5-17-9/h4-5,11H,2-3,10H2,1H3. The van der Waals surface area contributed by atoms with Crippen molar-refractivity contribution in [2.45, 2.75) is 17.6 Å². The molecule has 2 aromatic rings. The second-order valence-electron chi connectivity index (χ2n) is 3.58. The predicted molar refractivity (Wildman–Crippen MR) is 66.7 cm³/mol. The molecule has 98 valence electrons. The van der Waals surface area contributed by atoms with Crippen LogP contribution in [0.1, 0.15) is 11.7 Å². The number of nitrogens with zero attached hydrogens (tertiary/aromatic N) is 2. The topological polar surface area (TPSA) is 111 Å². The summed E-state index contributed by atoms with van der Waals surface area (Å²) in [5, 5.41) is 5.25. The maximum absolute atomic E-state index is 11.8. The van der Waals surface area contributed by atoms with Crippen molar-refractivity contribution in [2.75, 3.05) is 12.3 Å². The van der Waals surface area contributed by atoms with Gasteiger partial charge in [-0.3, -0.25) is 0 Å². The first-order valence-corrected chi connectivity index (χ1v) is 7.46. The molecule has 7 nitrogen and oxygen atoms in total. The Bertz CT molecular complexity index is 632. The Morgan fingerprint density at radius 3 is 2.89 bits per heavy atom. The van der Waals surface area contributed by atoms with Crippen molar-refractivity contribution in [3.05, 3.63) is 23.2 Å². The zero-order valence-electron chi connectivity index (χ0n) is 9.58. The van der Waals surface area contributed by atoms with Crippen LogP contribution in [0.15, 0.2) is 20.2 Å². The molecule has 0 saturated carbocycles. The van der Waals surface area contributed by atoms with Gasteiger partial charge in [0.25, 0.3) is 0 Å². The lowest BCUT2D eigenvalue weighted by molar-refractivity contribution is 0.387. The van der Waals surface area contributed by atoms with E-state index in [0.29, 0.717) is 23.8 Å². The first kappa shape index (κ1) is 13.0. The molecule has 0 radical (unpaired) electrons. The lowest BCUT2D eigenvalue weighted by atomic mass is 10.4. The highest BCUT2D eigenvalue weighted by Gasteiger charge is 2.16. The molecule has 0 aliphatic rings. The van der Waals surface area contributed by atoms with Crippen LogP contribution < -0.4 is 10.5 Å². The highest BCUT2D eigenvalue weighted by atomic mass is 32.2. The second-order valence-corrected chi connectivity index (χ2v) is 6.48. The number of aromatic nitrogens is 2. The minimum Gasteiger partial charge on any atom is -0.398 e. The van der Waals surface area contributed by atoms with Crippen LogP contribution >= 0.6 is 11.3 Å². The zero-order chi connectivity index (χ0) is 13.2. The highest BCUT2D eigenvalue weighted by Crippen LogP contribution is 2.21. The summed E-state index contributed by atoms with van der Waals surface area (Å²) in [6.45, 7) is 1.88. The molecule has 18 heavy (non-hydrogen) atoms. The summed E-state index contributed by atoms with van der Waals surface area (Å²) >= 11 is 1.08. The van der Waals surface area contributed by atoms with Gasteiger partial charge in [0.2, 0.25) is 15.9 Å². The van der Waals surface area contributed by atoms with Gasteiger partial charge in [-0.05, 0) is 6.07 Å². The van der Waals surface area contributed by atoms with Crippen molar-refractivity contribution in [1.29, 1.82) is 0 Å². The van der Waals surface area contributed by atoms with Gasteiger partial charge in [-0.25, -0.2) is 13.1 Å². The van der Waals surface area contributed by atoms with Gasteiger partial charge >= 0.3 is 0 Å². The van der Waals surface area contributed by atoms with Crippen LogP contribution in [0.3, 0.4) is 0 Å². The Balaban J connectivity index is 1.93. The van der Waals surface area contributed by atoms with Crippen LogP contribution in [0.25, 0.3) is 0 Å². The zero-order valence-corrected chi connectivity index (χ0v) is 11.2. The van der Waals surface area contributed by atoms with Gasteiger partial charge in [0.1, 0.15) is 4.21 Å². The lowest BCUT2D eigenvalue weighted by Gasteiger charge is -2.02. The summed E-state index contributed by atoms with van der Waals surface area (Å²) in [5.41, 5.74) is 5.92. The van der Waals surface area contributed by atoms with E-state index < -0.39 is 10.0 Å². The van der Waals surface area contributed by atoms with Crippen molar-refractivity contribution in [1.82, 2.24) is 14.9 Å². The quantitative estimate of drug-likeness (QED) is 0.830. The van der Waals surface area contributed by atoms with E-state index in [1.54, 1.807) is 12.3 Å². The number of hydrogen-bond donors (Lipinski definition) is 2. The monoisotopic (exact) mass is 288 g/mol. The van der Waals surface area contributed by atoms with Gasteiger partial charge in [0.05, 0.1) is 0 Å². The summed E-state index contributed by atoms with van der Waals surface area (Å²) in [4.78, 5) is 3.98. The van der Waals surface area contributed by atoms with Crippen LogP contribution in [0.4, 0.5) is 5.69 Å². The van der Waals surface area contributed by atoms with Crippen molar-refractivity contribution < 1.29 is 12.9 Å². The van der Waals surface area contributed by atoms with Gasteiger partial charge < -0.3 is 10.3 Å². The number of anilines is 1. The van der Waals surface area contributed by atoms with Crippen molar-refractivity contribution >= 4 is 27.0 Å². The molecule has 0 amide bonds. The summed E-state index contributed by atoms with van der Waals surface area (Å²) in [6, 6.07) is 1.42. The van der Waals surface area contributed by atoms with E-state index in [4.69, 9.17) is 10.3 Å². The Labute approximate surface area is 108 Å². The molecule has 0 spiro atoms. The molecule has 0 fully saturated rings. The van der Waals surface area contributed by atoms with Gasteiger partial charge in [-0.15, -0.1) is 11.3 Å². The van der Waals surface area contributed by atoms with E-state index in [9.17, 15) is 8.42 Å². The van der Waals surface area contributed by atoms with Crippen LogP contribution in [0.5, 0.6) is 0 Å². The number of sulfonamides is 1. The van der Waals surface area contributed by atoms with Gasteiger partial charge in [0.15, 0.2) is 5.82 Å². The third kappa shape index (κ3) is 3.06. The van der Waals surface area contributed by atoms with E-state index in [1.807, 2.05) is 0 Å². The Hall–Kier alpha value is -1.45. The van der Waals surface area contributed by atoms with E-state index in [2.05, 4.69) is 14.9 Å². The summed E-state index contributed by atoms with van der Waals surface area (Å²) < 4.78 is 31.1. The third-order valence-electron chi connectivity index (χ3n) is 2.07. The van der Waals surface area contributed by atoms with Crippen LogP contribution in [-0.4, -0.2) is 25.1 Å². The molecule has 0 atom stereocenters. The largest absolute Gasteiger partial charge is 0.398 e. The van der Waals surface area contributed by atoms with Gasteiger partial charge in [-0.1, -0.05) is 5.16 Å². The highest BCUT2D eigenvalue weighted by molar-refractivity contribution is 7.91. The Morgan fingerprint density at radius 2 is 2.33 bits per heavy atom. The maximum atomic E-state index is 11.8. The predicted octanol–water partition coefficient (Wildman–Crippen LogP) is 0.543. The Morgan fingerprint density at radius 1 is 1.56 bits per heavy atom. The minimum atomic E-state index is -3.50. The van der Waals surface area contributed by atoms with Gasteiger partial charge in [0, 0.05) is 31.0 Å². The third-order valence-corrected chi connectivity index (χ3v) is 4.99. The molecule has 2 aromatic heterocycles. The number of thiophene rings is 1. The molecule has 2 heterocycles. The molecule has 2 rings (SSSR count). The van der Waals surface area contributed by atoms with Gasteiger partial charge in [-0.2, -0.15) is 4.98 Å². The molecular weight excluding hydrogens is 276 g/mol. The normalized spacial score (nSPS) is 11.8. The number of rotatable bonds is 5. The van der Waals surface area contributed by atoms with E-state index >= 15 is 0 Å². The average Bonchev–Trinajstić information content (AvgIpc) is 2.88. The molecule has 0 aliphatic heterocycles. The maximum Gasteiger partial charge on any atom is 0.250 e. The van der Waals surface area contributed by atoms with E-state index in [0.717, 1.165) is 11.3 Å². The first-order chi connectivity index (χ1) is 8.47. The average molecular weight is 288 g/mol. The van der Waals surface area contributed by atoms with Crippen molar-refractivity contribution in [3.63, 3.8) is 0 Å². The number of aryl methyl sites for hydroxylation is 1. The fourth-order valence-corrected chi connectivity index (χ4v) is 3.44. The second kappa shape index (κ2) is 5.04. The smallest absolute Gasteiger partial charge is 0.250 e. The number of nitrogens with one attached hydrogen (secondary N) is 1. The van der Waals surface area contributed by atoms with Crippen LogP contribution in [0, 0.1) is 6.92 Å².